The van der Waals surface area contributed by atoms with Crippen molar-refractivity contribution in [3.63, 3.8) is 0 Å². The Morgan fingerprint density at radius 3 is 1.54 bits per heavy atom. The lowest BCUT2D eigenvalue weighted by molar-refractivity contribution is 1.18. The standard InChI is InChI=1S/C48H32N2/c1-4-15-33(16-5-1)38-21-10-12-24-43(38)50-46-30-28-36(32-42(46)48-39(23-14-26-47(48)50)34-17-6-2-7-18-34)35-27-29-45-41(31-35)40-22-11-13-25-44(40)49(45)37-19-8-3-9-20-37/h1-32H. The highest BCUT2D eigenvalue weighted by molar-refractivity contribution is 6.17. The van der Waals surface area contributed by atoms with E-state index >= 15 is 0 Å². The lowest BCUT2D eigenvalue weighted by Gasteiger charge is -2.14. The number of para-hydroxylation sites is 3. The summed E-state index contributed by atoms with van der Waals surface area (Å²) in [4.78, 5) is 0. The molecule has 2 heteroatoms. The van der Waals surface area contributed by atoms with Gasteiger partial charge in [0.15, 0.2) is 0 Å². The lowest BCUT2D eigenvalue weighted by Crippen LogP contribution is -1.97. The van der Waals surface area contributed by atoms with Gasteiger partial charge in [-0.1, -0.05) is 140 Å². The summed E-state index contributed by atoms with van der Waals surface area (Å²) < 4.78 is 4.83. The van der Waals surface area contributed by atoms with Crippen molar-refractivity contribution in [1.82, 2.24) is 9.13 Å². The average molecular weight is 637 g/mol. The van der Waals surface area contributed by atoms with Gasteiger partial charge in [0, 0.05) is 32.8 Å². The van der Waals surface area contributed by atoms with Crippen LogP contribution >= 0.6 is 0 Å². The van der Waals surface area contributed by atoms with Crippen LogP contribution in [0.15, 0.2) is 194 Å². The summed E-state index contributed by atoms with van der Waals surface area (Å²) in [5, 5.41) is 5.02. The molecule has 2 heterocycles. The normalized spacial score (nSPS) is 11.6. The van der Waals surface area contributed by atoms with Crippen LogP contribution in [0.25, 0.3) is 88.4 Å². The van der Waals surface area contributed by atoms with Gasteiger partial charge in [-0.3, -0.25) is 0 Å². The molecule has 0 aliphatic heterocycles. The van der Waals surface area contributed by atoms with Gasteiger partial charge >= 0.3 is 0 Å². The Balaban J connectivity index is 1.24. The summed E-state index contributed by atoms with van der Waals surface area (Å²) in [6, 6.07) is 70.4. The highest BCUT2D eigenvalue weighted by Crippen LogP contribution is 2.42. The Kier molecular flexibility index (Phi) is 6.53. The summed E-state index contributed by atoms with van der Waals surface area (Å²) in [6.45, 7) is 0. The smallest absolute Gasteiger partial charge is 0.0547 e. The fourth-order valence-electron chi connectivity index (χ4n) is 7.91. The molecule has 0 spiro atoms. The number of fused-ring (bicyclic) bond motifs is 6. The first-order chi connectivity index (χ1) is 24.8. The van der Waals surface area contributed by atoms with Crippen LogP contribution in [0.5, 0.6) is 0 Å². The van der Waals surface area contributed by atoms with Crippen molar-refractivity contribution in [3.8, 4) is 44.8 Å². The molecule has 0 fully saturated rings. The summed E-state index contributed by atoms with van der Waals surface area (Å²) in [6.07, 6.45) is 0. The molecular weight excluding hydrogens is 605 g/mol. The van der Waals surface area contributed by atoms with E-state index in [0.717, 1.165) is 0 Å². The van der Waals surface area contributed by atoms with Gasteiger partial charge in [0.1, 0.15) is 0 Å². The Morgan fingerprint density at radius 2 is 0.800 bits per heavy atom. The Hall–Kier alpha value is -6.64. The molecule has 50 heavy (non-hydrogen) atoms. The molecule has 10 rings (SSSR count). The van der Waals surface area contributed by atoms with E-state index in [9.17, 15) is 0 Å². The van der Waals surface area contributed by atoms with Crippen molar-refractivity contribution in [1.29, 1.82) is 0 Å². The highest BCUT2D eigenvalue weighted by atomic mass is 15.0. The van der Waals surface area contributed by atoms with Crippen molar-refractivity contribution in [2.45, 2.75) is 0 Å². The third-order valence-corrected chi connectivity index (χ3v) is 10.1. The molecule has 8 aromatic carbocycles. The molecule has 0 N–H and O–H groups in total. The third kappa shape index (κ3) is 4.43. The van der Waals surface area contributed by atoms with Crippen LogP contribution in [0, 0.1) is 0 Å². The van der Waals surface area contributed by atoms with Gasteiger partial charge in [-0.2, -0.15) is 0 Å². The van der Waals surface area contributed by atoms with Crippen LogP contribution < -0.4 is 0 Å². The van der Waals surface area contributed by atoms with Gasteiger partial charge in [0.25, 0.3) is 0 Å². The first-order valence-electron chi connectivity index (χ1n) is 17.2. The van der Waals surface area contributed by atoms with Crippen LogP contribution in [0.1, 0.15) is 0 Å². The van der Waals surface area contributed by atoms with Crippen molar-refractivity contribution < 1.29 is 0 Å². The van der Waals surface area contributed by atoms with E-state index in [0.29, 0.717) is 0 Å². The second kappa shape index (κ2) is 11.5. The maximum atomic E-state index is 2.46. The van der Waals surface area contributed by atoms with E-state index < -0.39 is 0 Å². The van der Waals surface area contributed by atoms with Gasteiger partial charge in [-0.15, -0.1) is 0 Å². The first-order valence-corrected chi connectivity index (χ1v) is 17.2. The number of hydrogen-bond donors (Lipinski definition) is 0. The Labute approximate surface area is 290 Å². The van der Waals surface area contributed by atoms with Crippen LogP contribution in [0.2, 0.25) is 0 Å². The molecule has 2 nitrogen and oxygen atoms in total. The number of rotatable bonds is 5. The van der Waals surface area contributed by atoms with E-state index in [1.807, 2.05) is 0 Å². The number of benzene rings is 8. The topological polar surface area (TPSA) is 9.86 Å². The van der Waals surface area contributed by atoms with E-state index in [2.05, 4.69) is 203 Å². The van der Waals surface area contributed by atoms with Gasteiger partial charge in [-0.25, -0.2) is 0 Å². The summed E-state index contributed by atoms with van der Waals surface area (Å²) in [5.41, 5.74) is 14.4. The molecule has 0 amide bonds. The van der Waals surface area contributed by atoms with Crippen molar-refractivity contribution in [3.05, 3.63) is 194 Å². The first kappa shape index (κ1) is 28.4. The van der Waals surface area contributed by atoms with Crippen LogP contribution in [-0.2, 0) is 0 Å². The van der Waals surface area contributed by atoms with Crippen LogP contribution in [-0.4, -0.2) is 9.13 Å². The predicted octanol–water partition coefficient (Wildman–Crippen LogP) is 12.9. The zero-order chi connectivity index (χ0) is 33.0. The minimum atomic E-state index is 1.17. The Morgan fingerprint density at radius 1 is 0.280 bits per heavy atom. The van der Waals surface area contributed by atoms with E-state index in [-0.39, 0.29) is 0 Å². The maximum absolute atomic E-state index is 2.46. The minimum absolute atomic E-state index is 1.17. The molecule has 0 bridgehead atoms. The summed E-state index contributed by atoms with van der Waals surface area (Å²) in [5.74, 6) is 0. The molecular formula is C48H32N2. The average Bonchev–Trinajstić information content (AvgIpc) is 3.71. The molecule has 234 valence electrons. The molecule has 10 aromatic rings. The fourth-order valence-corrected chi connectivity index (χ4v) is 7.91. The molecule has 0 saturated carbocycles. The van der Waals surface area contributed by atoms with E-state index in [1.165, 1.54) is 88.4 Å². The van der Waals surface area contributed by atoms with Crippen molar-refractivity contribution >= 4 is 43.6 Å². The molecule has 0 saturated heterocycles. The maximum Gasteiger partial charge on any atom is 0.0547 e. The number of aromatic nitrogens is 2. The van der Waals surface area contributed by atoms with Gasteiger partial charge < -0.3 is 9.13 Å². The Bertz CT molecular complexity index is 2840. The largest absolute Gasteiger partial charge is 0.309 e. The number of hydrogen-bond acceptors (Lipinski definition) is 0. The fraction of sp³-hybridized carbons (Fsp3) is 0. The van der Waals surface area contributed by atoms with Crippen LogP contribution in [0.4, 0.5) is 0 Å². The monoisotopic (exact) mass is 636 g/mol. The third-order valence-electron chi connectivity index (χ3n) is 10.1. The van der Waals surface area contributed by atoms with Crippen molar-refractivity contribution in [2.24, 2.45) is 0 Å². The lowest BCUT2D eigenvalue weighted by atomic mass is 9.97. The molecule has 0 aliphatic rings. The van der Waals surface area contributed by atoms with E-state index in [4.69, 9.17) is 0 Å². The number of nitrogens with zero attached hydrogens (tertiary/aromatic N) is 2. The molecule has 0 aliphatic carbocycles. The SMILES string of the molecule is c1ccc(-c2ccccc2-n2c3ccc(-c4ccc5c(c4)c4ccccc4n5-c4ccccc4)cc3c3c(-c4ccccc4)cccc32)cc1. The van der Waals surface area contributed by atoms with Gasteiger partial charge in [0.2, 0.25) is 0 Å². The van der Waals surface area contributed by atoms with Gasteiger partial charge in [0.05, 0.1) is 27.8 Å². The van der Waals surface area contributed by atoms with E-state index in [1.54, 1.807) is 0 Å². The molecule has 0 radical (unpaired) electrons. The minimum Gasteiger partial charge on any atom is -0.309 e. The van der Waals surface area contributed by atoms with Gasteiger partial charge in [-0.05, 0) is 82.4 Å². The zero-order valence-corrected chi connectivity index (χ0v) is 27.4. The predicted molar refractivity (Wildman–Crippen MR) is 211 cm³/mol. The summed E-state index contributed by atoms with van der Waals surface area (Å²) >= 11 is 0. The zero-order valence-electron chi connectivity index (χ0n) is 27.4. The quantitative estimate of drug-likeness (QED) is 0.178. The molecule has 2 aromatic heterocycles. The second-order valence-corrected chi connectivity index (χ2v) is 12.9. The molecule has 0 unspecified atom stereocenters. The molecule has 0 atom stereocenters. The van der Waals surface area contributed by atoms with Crippen molar-refractivity contribution in [2.75, 3.05) is 0 Å². The van der Waals surface area contributed by atoms with Crippen LogP contribution in [0.3, 0.4) is 0 Å². The summed E-state index contributed by atoms with van der Waals surface area (Å²) in [7, 11) is 0. The second-order valence-electron chi connectivity index (χ2n) is 12.9. The highest BCUT2D eigenvalue weighted by Gasteiger charge is 2.20.